The van der Waals surface area contributed by atoms with Crippen molar-refractivity contribution >= 4 is 11.8 Å². The molecule has 0 aromatic heterocycles. The number of hydrogen-bond donors (Lipinski definition) is 2. The number of amides is 2. The number of carbonyl (C=O) groups is 2. The van der Waals surface area contributed by atoms with E-state index in [2.05, 4.69) is 20.4 Å². The van der Waals surface area contributed by atoms with E-state index in [-0.39, 0.29) is 29.9 Å². The predicted octanol–water partition coefficient (Wildman–Crippen LogP) is 1.55. The van der Waals surface area contributed by atoms with Gasteiger partial charge in [-0.25, -0.2) is 0 Å². The Morgan fingerprint density at radius 2 is 1.52 bits per heavy atom. The molecule has 3 atom stereocenters. The minimum absolute atomic E-state index is 0.0105. The number of piperazine rings is 1. The maximum absolute atomic E-state index is 12.8. The predicted molar refractivity (Wildman–Crippen MR) is 113 cm³/mol. The first kappa shape index (κ1) is 21.6. The minimum Gasteiger partial charge on any atom is -0.496 e. The molecule has 3 unspecified atom stereocenters. The van der Waals surface area contributed by atoms with Crippen molar-refractivity contribution in [3.05, 3.63) is 29.8 Å². The summed E-state index contributed by atoms with van der Waals surface area (Å²) in [6.45, 7) is 9.03. The molecule has 7 nitrogen and oxygen atoms in total. The van der Waals surface area contributed by atoms with Gasteiger partial charge in [-0.3, -0.25) is 19.4 Å². The highest BCUT2D eigenvalue weighted by Crippen LogP contribution is 2.24. The van der Waals surface area contributed by atoms with Crippen LogP contribution in [0.4, 0.5) is 0 Å². The van der Waals surface area contributed by atoms with Gasteiger partial charge in [-0.2, -0.15) is 0 Å². The van der Waals surface area contributed by atoms with Crippen LogP contribution in [0, 0.1) is 0 Å². The minimum atomic E-state index is -0.218. The lowest BCUT2D eigenvalue weighted by Crippen LogP contribution is -2.57. The number of para-hydroxylation sites is 1. The quantitative estimate of drug-likeness (QED) is 0.690. The maximum Gasteiger partial charge on any atom is 0.237 e. The zero-order valence-corrected chi connectivity index (χ0v) is 18.0. The van der Waals surface area contributed by atoms with Crippen LogP contribution in [-0.4, -0.2) is 73.0 Å². The molecule has 1 saturated carbocycles. The molecule has 2 fully saturated rings. The Kier molecular flexibility index (Phi) is 7.14. The third-order valence-corrected chi connectivity index (χ3v) is 6.09. The molecule has 160 valence electrons. The number of nitrogens with one attached hydrogen (secondary N) is 2. The Bertz CT molecular complexity index is 714. The number of methoxy groups -OCH3 is 1. The van der Waals surface area contributed by atoms with Crippen LogP contribution in [0.25, 0.3) is 0 Å². The first-order valence-electron chi connectivity index (χ1n) is 10.6. The fourth-order valence-electron chi connectivity index (χ4n) is 3.83. The summed E-state index contributed by atoms with van der Waals surface area (Å²) in [7, 11) is 1.64. The molecule has 1 aromatic rings. The number of nitrogens with zero attached hydrogens (tertiary/aromatic N) is 2. The molecule has 0 spiro atoms. The Balaban J connectivity index is 1.48. The third-order valence-electron chi connectivity index (χ3n) is 6.09. The summed E-state index contributed by atoms with van der Waals surface area (Å²) in [4.78, 5) is 29.5. The Labute approximate surface area is 173 Å². The van der Waals surface area contributed by atoms with Crippen LogP contribution in [-0.2, 0) is 9.59 Å². The monoisotopic (exact) mass is 402 g/mol. The zero-order chi connectivity index (χ0) is 21.0. The summed E-state index contributed by atoms with van der Waals surface area (Å²) in [6.07, 6.45) is 2.21. The SMILES string of the molecule is COc1ccccc1C(C)NC(=O)C(C)N1CCN(C(C)C(=O)NC2CC2)CC1. The molecule has 1 aliphatic carbocycles. The highest BCUT2D eigenvalue weighted by molar-refractivity contribution is 5.82. The molecule has 1 heterocycles. The van der Waals surface area contributed by atoms with Gasteiger partial charge in [0.1, 0.15) is 5.75 Å². The van der Waals surface area contributed by atoms with Crippen molar-refractivity contribution in [2.45, 2.75) is 57.8 Å². The molecular weight excluding hydrogens is 368 g/mol. The largest absolute Gasteiger partial charge is 0.496 e. The van der Waals surface area contributed by atoms with E-state index in [1.165, 1.54) is 0 Å². The number of carbonyl (C=O) groups excluding carboxylic acids is 2. The topological polar surface area (TPSA) is 73.9 Å². The number of benzene rings is 1. The molecule has 1 aromatic carbocycles. The zero-order valence-electron chi connectivity index (χ0n) is 18.0. The van der Waals surface area contributed by atoms with Crippen molar-refractivity contribution < 1.29 is 14.3 Å². The van der Waals surface area contributed by atoms with E-state index >= 15 is 0 Å². The van der Waals surface area contributed by atoms with Crippen LogP contribution in [0.5, 0.6) is 5.75 Å². The molecule has 2 N–H and O–H groups in total. The second-order valence-electron chi connectivity index (χ2n) is 8.18. The highest BCUT2D eigenvalue weighted by Gasteiger charge is 2.32. The molecular formula is C22H34N4O3. The van der Waals surface area contributed by atoms with Gasteiger partial charge in [-0.05, 0) is 39.7 Å². The summed E-state index contributed by atoms with van der Waals surface area (Å²) in [5.74, 6) is 0.911. The lowest BCUT2D eigenvalue weighted by atomic mass is 10.1. The Hall–Kier alpha value is -2.12. The Morgan fingerprint density at radius 3 is 2.07 bits per heavy atom. The van der Waals surface area contributed by atoms with Gasteiger partial charge in [0.2, 0.25) is 11.8 Å². The van der Waals surface area contributed by atoms with E-state index in [1.54, 1.807) is 7.11 Å². The first-order valence-corrected chi connectivity index (χ1v) is 10.6. The van der Waals surface area contributed by atoms with E-state index in [0.717, 1.165) is 50.3 Å². The molecule has 0 bridgehead atoms. The standard InChI is InChI=1S/C22H34N4O3/c1-15(19-7-5-6-8-20(19)29-4)23-21(27)16(2)25-11-13-26(14-12-25)17(3)22(28)24-18-9-10-18/h5-8,15-18H,9-14H2,1-4H3,(H,23,27)(H,24,28). The molecule has 29 heavy (non-hydrogen) atoms. The second kappa shape index (κ2) is 9.59. The fraction of sp³-hybridized carbons (Fsp3) is 0.636. The van der Waals surface area contributed by atoms with Crippen molar-refractivity contribution in [2.24, 2.45) is 0 Å². The van der Waals surface area contributed by atoms with Crippen LogP contribution in [0.2, 0.25) is 0 Å². The Morgan fingerprint density at radius 1 is 0.966 bits per heavy atom. The average molecular weight is 403 g/mol. The maximum atomic E-state index is 12.8. The molecule has 1 saturated heterocycles. The lowest BCUT2D eigenvalue weighted by Gasteiger charge is -2.39. The van der Waals surface area contributed by atoms with E-state index in [1.807, 2.05) is 45.0 Å². The van der Waals surface area contributed by atoms with Crippen molar-refractivity contribution in [2.75, 3.05) is 33.3 Å². The van der Waals surface area contributed by atoms with Gasteiger partial charge in [0.05, 0.1) is 25.2 Å². The highest BCUT2D eigenvalue weighted by atomic mass is 16.5. The van der Waals surface area contributed by atoms with Crippen molar-refractivity contribution in [3.8, 4) is 5.75 Å². The summed E-state index contributed by atoms with van der Waals surface area (Å²) >= 11 is 0. The van der Waals surface area contributed by atoms with Crippen LogP contribution < -0.4 is 15.4 Å². The number of ether oxygens (including phenoxy) is 1. The van der Waals surface area contributed by atoms with E-state index in [9.17, 15) is 9.59 Å². The van der Waals surface area contributed by atoms with Gasteiger partial charge in [-0.1, -0.05) is 18.2 Å². The summed E-state index contributed by atoms with van der Waals surface area (Å²) in [5, 5.41) is 6.19. The first-order chi connectivity index (χ1) is 13.9. The van der Waals surface area contributed by atoms with E-state index in [4.69, 9.17) is 4.74 Å². The van der Waals surface area contributed by atoms with Gasteiger partial charge < -0.3 is 15.4 Å². The van der Waals surface area contributed by atoms with Crippen molar-refractivity contribution in [1.29, 1.82) is 0 Å². The molecule has 0 radical (unpaired) electrons. The lowest BCUT2D eigenvalue weighted by molar-refractivity contribution is -0.130. The molecule has 3 rings (SSSR count). The van der Waals surface area contributed by atoms with Gasteiger partial charge in [0.25, 0.3) is 0 Å². The van der Waals surface area contributed by atoms with Gasteiger partial charge >= 0.3 is 0 Å². The normalized spacial score (nSPS) is 21.1. The second-order valence-corrected chi connectivity index (χ2v) is 8.18. The summed E-state index contributed by atoms with van der Waals surface area (Å²) in [5.41, 5.74) is 0.968. The van der Waals surface area contributed by atoms with Gasteiger partial charge in [0.15, 0.2) is 0 Å². The van der Waals surface area contributed by atoms with Crippen LogP contribution in [0.3, 0.4) is 0 Å². The van der Waals surface area contributed by atoms with Crippen molar-refractivity contribution in [1.82, 2.24) is 20.4 Å². The molecule has 7 heteroatoms. The summed E-state index contributed by atoms with van der Waals surface area (Å²) < 4.78 is 5.41. The fourth-order valence-corrected chi connectivity index (χ4v) is 3.83. The molecule has 1 aliphatic heterocycles. The van der Waals surface area contributed by atoms with Gasteiger partial charge in [0, 0.05) is 37.8 Å². The number of hydrogen-bond acceptors (Lipinski definition) is 5. The molecule has 2 aliphatic rings. The summed E-state index contributed by atoms with van der Waals surface area (Å²) in [6, 6.07) is 7.67. The van der Waals surface area contributed by atoms with Crippen LogP contribution >= 0.6 is 0 Å². The van der Waals surface area contributed by atoms with Crippen LogP contribution in [0.1, 0.15) is 45.2 Å². The number of rotatable bonds is 8. The third kappa shape index (κ3) is 5.48. The van der Waals surface area contributed by atoms with Gasteiger partial charge in [-0.15, -0.1) is 0 Å². The van der Waals surface area contributed by atoms with E-state index < -0.39 is 0 Å². The molecule has 2 amide bonds. The van der Waals surface area contributed by atoms with Crippen LogP contribution in [0.15, 0.2) is 24.3 Å². The average Bonchev–Trinajstić information content (AvgIpc) is 3.56. The van der Waals surface area contributed by atoms with Crippen molar-refractivity contribution in [3.63, 3.8) is 0 Å². The van der Waals surface area contributed by atoms with E-state index in [0.29, 0.717) is 6.04 Å². The smallest absolute Gasteiger partial charge is 0.237 e.